The number of hydrogen-bond acceptors (Lipinski definition) is 3. The molecule has 0 saturated carbocycles. The summed E-state index contributed by atoms with van der Waals surface area (Å²) in [5, 5.41) is 10.5. The Balaban J connectivity index is 2.19. The molecule has 0 amide bonds. The molecule has 0 aliphatic carbocycles. The standard InChI is InChI=1S/C15H16N4/c1-10(2)14-15(16)17-18-19(14)13-8-7-11-5-3-4-6-12(11)9-13/h3-10H,16H2,1-2H3. The van der Waals surface area contributed by atoms with E-state index in [4.69, 9.17) is 5.73 Å². The van der Waals surface area contributed by atoms with E-state index in [1.54, 1.807) is 0 Å². The van der Waals surface area contributed by atoms with Crippen molar-refractivity contribution in [2.45, 2.75) is 19.8 Å². The summed E-state index contributed by atoms with van der Waals surface area (Å²) in [7, 11) is 0. The Morgan fingerprint density at radius 1 is 1.05 bits per heavy atom. The van der Waals surface area contributed by atoms with Crippen LogP contribution in [0.4, 0.5) is 5.82 Å². The van der Waals surface area contributed by atoms with E-state index in [1.165, 1.54) is 10.8 Å². The fourth-order valence-corrected chi connectivity index (χ4v) is 2.34. The third-order valence-electron chi connectivity index (χ3n) is 3.26. The predicted octanol–water partition coefficient (Wildman–Crippen LogP) is 3.13. The van der Waals surface area contributed by atoms with Gasteiger partial charge in [-0.15, -0.1) is 5.10 Å². The van der Waals surface area contributed by atoms with E-state index in [2.05, 4.69) is 48.4 Å². The Bertz CT molecular complexity index is 728. The minimum Gasteiger partial charge on any atom is -0.381 e. The number of benzene rings is 2. The van der Waals surface area contributed by atoms with E-state index >= 15 is 0 Å². The molecule has 0 aliphatic heterocycles. The highest BCUT2D eigenvalue weighted by Gasteiger charge is 2.15. The molecular formula is C15H16N4. The quantitative estimate of drug-likeness (QED) is 0.762. The zero-order valence-electron chi connectivity index (χ0n) is 11.0. The highest BCUT2D eigenvalue weighted by Crippen LogP contribution is 2.24. The molecule has 0 spiro atoms. The predicted molar refractivity (Wildman–Crippen MR) is 77.4 cm³/mol. The van der Waals surface area contributed by atoms with E-state index in [-0.39, 0.29) is 5.92 Å². The van der Waals surface area contributed by atoms with Crippen LogP contribution < -0.4 is 5.73 Å². The molecule has 19 heavy (non-hydrogen) atoms. The minimum absolute atomic E-state index is 0.279. The Morgan fingerprint density at radius 2 is 1.79 bits per heavy atom. The maximum Gasteiger partial charge on any atom is 0.169 e. The highest BCUT2D eigenvalue weighted by atomic mass is 15.4. The molecular weight excluding hydrogens is 236 g/mol. The number of nitrogens with two attached hydrogens (primary N) is 1. The largest absolute Gasteiger partial charge is 0.381 e. The molecule has 4 heteroatoms. The fourth-order valence-electron chi connectivity index (χ4n) is 2.34. The number of hydrogen-bond donors (Lipinski definition) is 1. The van der Waals surface area contributed by atoms with Gasteiger partial charge in [-0.2, -0.15) is 0 Å². The lowest BCUT2D eigenvalue weighted by Gasteiger charge is -2.10. The molecule has 0 unspecified atom stereocenters. The topological polar surface area (TPSA) is 56.7 Å². The molecule has 3 aromatic rings. The first-order valence-corrected chi connectivity index (χ1v) is 6.37. The van der Waals surface area contributed by atoms with Crippen LogP contribution >= 0.6 is 0 Å². The first-order chi connectivity index (χ1) is 9.16. The maximum atomic E-state index is 5.90. The van der Waals surface area contributed by atoms with Crippen LogP contribution in [0.15, 0.2) is 42.5 Å². The number of fused-ring (bicyclic) bond motifs is 1. The molecule has 0 saturated heterocycles. The van der Waals surface area contributed by atoms with E-state index in [1.807, 2.05) is 22.9 Å². The summed E-state index contributed by atoms with van der Waals surface area (Å²) in [6, 6.07) is 14.5. The summed E-state index contributed by atoms with van der Waals surface area (Å²) in [5.41, 5.74) is 7.84. The maximum absolute atomic E-state index is 5.90. The van der Waals surface area contributed by atoms with Crippen LogP contribution in [-0.2, 0) is 0 Å². The van der Waals surface area contributed by atoms with Gasteiger partial charge in [-0.1, -0.05) is 49.4 Å². The minimum atomic E-state index is 0.279. The van der Waals surface area contributed by atoms with Gasteiger partial charge in [-0.25, -0.2) is 4.68 Å². The van der Waals surface area contributed by atoms with Gasteiger partial charge in [0.25, 0.3) is 0 Å². The molecule has 2 aromatic carbocycles. The van der Waals surface area contributed by atoms with Gasteiger partial charge in [0.2, 0.25) is 0 Å². The number of nitrogen functional groups attached to an aromatic ring is 1. The summed E-state index contributed by atoms with van der Waals surface area (Å²) >= 11 is 0. The Hall–Kier alpha value is -2.36. The van der Waals surface area contributed by atoms with Gasteiger partial charge in [-0.3, -0.25) is 0 Å². The van der Waals surface area contributed by atoms with Crippen molar-refractivity contribution in [2.75, 3.05) is 5.73 Å². The van der Waals surface area contributed by atoms with Crippen LogP contribution in [0.3, 0.4) is 0 Å². The fraction of sp³-hybridized carbons (Fsp3) is 0.200. The van der Waals surface area contributed by atoms with E-state index in [9.17, 15) is 0 Å². The third-order valence-corrected chi connectivity index (χ3v) is 3.26. The van der Waals surface area contributed by atoms with Crippen molar-refractivity contribution in [2.24, 2.45) is 0 Å². The molecule has 0 radical (unpaired) electrons. The van der Waals surface area contributed by atoms with Gasteiger partial charge in [0.05, 0.1) is 11.4 Å². The Labute approximate surface area is 111 Å². The molecule has 1 aromatic heterocycles. The average molecular weight is 252 g/mol. The van der Waals surface area contributed by atoms with Crippen molar-refractivity contribution in [3.8, 4) is 5.69 Å². The van der Waals surface area contributed by atoms with Gasteiger partial charge in [0.1, 0.15) is 0 Å². The summed E-state index contributed by atoms with van der Waals surface area (Å²) in [6.45, 7) is 4.18. The van der Waals surface area contributed by atoms with Gasteiger partial charge in [-0.05, 0) is 28.8 Å². The van der Waals surface area contributed by atoms with E-state index < -0.39 is 0 Å². The van der Waals surface area contributed by atoms with Crippen molar-refractivity contribution in [3.63, 3.8) is 0 Å². The zero-order chi connectivity index (χ0) is 13.4. The van der Waals surface area contributed by atoms with Crippen LogP contribution in [0, 0.1) is 0 Å². The molecule has 2 N–H and O–H groups in total. The van der Waals surface area contributed by atoms with Crippen LogP contribution in [0.5, 0.6) is 0 Å². The van der Waals surface area contributed by atoms with Crippen LogP contribution in [0.2, 0.25) is 0 Å². The molecule has 96 valence electrons. The number of aromatic nitrogens is 3. The molecule has 0 atom stereocenters. The Morgan fingerprint density at radius 3 is 2.53 bits per heavy atom. The first-order valence-electron chi connectivity index (χ1n) is 6.37. The van der Waals surface area contributed by atoms with E-state index in [0.717, 1.165) is 11.4 Å². The van der Waals surface area contributed by atoms with Gasteiger partial charge in [0, 0.05) is 0 Å². The number of rotatable bonds is 2. The lowest BCUT2D eigenvalue weighted by Crippen LogP contribution is -2.05. The van der Waals surface area contributed by atoms with Gasteiger partial charge >= 0.3 is 0 Å². The zero-order valence-corrected chi connectivity index (χ0v) is 11.0. The summed E-state index contributed by atoms with van der Waals surface area (Å²) in [4.78, 5) is 0. The lowest BCUT2D eigenvalue weighted by molar-refractivity contribution is 0.716. The van der Waals surface area contributed by atoms with Crippen molar-refractivity contribution < 1.29 is 0 Å². The van der Waals surface area contributed by atoms with Crippen molar-refractivity contribution in [3.05, 3.63) is 48.2 Å². The van der Waals surface area contributed by atoms with Gasteiger partial charge in [0.15, 0.2) is 5.82 Å². The molecule has 0 aliphatic rings. The second-order valence-electron chi connectivity index (χ2n) is 4.96. The van der Waals surface area contributed by atoms with Crippen LogP contribution in [0.25, 0.3) is 16.5 Å². The normalized spacial score (nSPS) is 11.3. The molecule has 4 nitrogen and oxygen atoms in total. The Kier molecular flexibility index (Phi) is 2.71. The second-order valence-corrected chi connectivity index (χ2v) is 4.96. The highest BCUT2D eigenvalue weighted by molar-refractivity contribution is 5.84. The third kappa shape index (κ3) is 1.95. The molecule has 0 fully saturated rings. The average Bonchev–Trinajstić information content (AvgIpc) is 2.80. The van der Waals surface area contributed by atoms with Crippen molar-refractivity contribution in [1.82, 2.24) is 15.0 Å². The molecule has 0 bridgehead atoms. The summed E-state index contributed by atoms with van der Waals surface area (Å²) < 4.78 is 1.83. The lowest BCUT2D eigenvalue weighted by atomic mass is 10.1. The molecule has 3 rings (SSSR count). The number of anilines is 1. The van der Waals surface area contributed by atoms with Crippen LogP contribution in [0.1, 0.15) is 25.5 Å². The van der Waals surface area contributed by atoms with Gasteiger partial charge < -0.3 is 5.73 Å². The number of nitrogens with zero attached hydrogens (tertiary/aromatic N) is 3. The summed E-state index contributed by atoms with van der Waals surface area (Å²) in [5.74, 6) is 0.782. The molecule has 1 heterocycles. The summed E-state index contributed by atoms with van der Waals surface area (Å²) in [6.07, 6.45) is 0. The van der Waals surface area contributed by atoms with Crippen molar-refractivity contribution >= 4 is 16.6 Å². The first kappa shape index (κ1) is 11.7. The SMILES string of the molecule is CC(C)c1c(N)nnn1-c1ccc2ccccc2c1. The van der Waals surface area contributed by atoms with E-state index in [0.29, 0.717) is 5.82 Å². The van der Waals surface area contributed by atoms with Crippen molar-refractivity contribution in [1.29, 1.82) is 0 Å². The smallest absolute Gasteiger partial charge is 0.169 e. The monoisotopic (exact) mass is 252 g/mol. The van der Waals surface area contributed by atoms with Crippen LogP contribution in [-0.4, -0.2) is 15.0 Å². The second kappa shape index (κ2) is 4.39.